The largest absolute Gasteiger partial charge is 0.356 e. The summed E-state index contributed by atoms with van der Waals surface area (Å²) < 4.78 is 13.4. The lowest BCUT2D eigenvalue weighted by atomic mass is 10.0. The number of hydrogen-bond donors (Lipinski definition) is 2. The summed E-state index contributed by atoms with van der Waals surface area (Å²) in [6.07, 6.45) is 4.53. The molecule has 2 rings (SSSR count). The van der Waals surface area contributed by atoms with E-state index in [1.807, 2.05) is 6.07 Å². The van der Waals surface area contributed by atoms with Crippen molar-refractivity contribution in [1.29, 1.82) is 0 Å². The van der Waals surface area contributed by atoms with Gasteiger partial charge < -0.3 is 10.6 Å². The smallest absolute Gasteiger partial charge is 0.221 e. The van der Waals surface area contributed by atoms with Crippen LogP contribution in [0.15, 0.2) is 24.3 Å². The van der Waals surface area contributed by atoms with E-state index in [9.17, 15) is 9.18 Å². The van der Waals surface area contributed by atoms with Crippen molar-refractivity contribution < 1.29 is 9.18 Å². The Morgan fingerprint density at radius 2 is 2.21 bits per heavy atom. The number of carbonyl (C=O) groups is 1. The van der Waals surface area contributed by atoms with Crippen molar-refractivity contribution in [2.75, 3.05) is 13.1 Å². The van der Waals surface area contributed by atoms with E-state index >= 15 is 0 Å². The molecule has 4 heteroatoms. The third-order valence-electron chi connectivity index (χ3n) is 3.52. The van der Waals surface area contributed by atoms with Crippen molar-refractivity contribution >= 4 is 5.91 Å². The van der Waals surface area contributed by atoms with Crippen molar-refractivity contribution in [3.05, 3.63) is 35.6 Å². The lowest BCUT2D eigenvalue weighted by Crippen LogP contribution is -2.39. The molecule has 0 saturated carbocycles. The van der Waals surface area contributed by atoms with Crippen LogP contribution in [-0.2, 0) is 11.2 Å². The van der Waals surface area contributed by atoms with E-state index < -0.39 is 0 Å². The molecule has 1 aromatic rings. The monoisotopic (exact) mass is 264 g/mol. The average molecular weight is 264 g/mol. The maximum Gasteiger partial charge on any atom is 0.221 e. The Balaban J connectivity index is 1.67. The van der Waals surface area contributed by atoms with E-state index in [0.717, 1.165) is 13.0 Å². The summed E-state index contributed by atoms with van der Waals surface area (Å²) in [4.78, 5) is 11.7. The number of amides is 1. The molecule has 0 radical (unpaired) electrons. The van der Waals surface area contributed by atoms with Gasteiger partial charge in [-0.1, -0.05) is 24.6 Å². The summed E-state index contributed by atoms with van der Waals surface area (Å²) in [7, 11) is 0. The molecule has 19 heavy (non-hydrogen) atoms. The van der Waals surface area contributed by atoms with E-state index in [-0.39, 0.29) is 11.7 Å². The Morgan fingerprint density at radius 1 is 1.37 bits per heavy atom. The van der Waals surface area contributed by atoms with E-state index in [1.54, 1.807) is 12.1 Å². The molecule has 0 aliphatic carbocycles. The van der Waals surface area contributed by atoms with Crippen LogP contribution >= 0.6 is 0 Å². The molecular weight excluding hydrogens is 243 g/mol. The van der Waals surface area contributed by atoms with Gasteiger partial charge in [-0.25, -0.2) is 4.39 Å². The van der Waals surface area contributed by atoms with E-state index in [2.05, 4.69) is 10.6 Å². The van der Waals surface area contributed by atoms with Crippen LogP contribution in [0, 0.1) is 5.82 Å². The van der Waals surface area contributed by atoms with Crippen LogP contribution < -0.4 is 10.6 Å². The highest BCUT2D eigenvalue weighted by Gasteiger charge is 2.15. The second kappa shape index (κ2) is 7.24. The molecule has 3 nitrogen and oxygen atoms in total. The fraction of sp³-hybridized carbons (Fsp3) is 0.533. The summed E-state index contributed by atoms with van der Waals surface area (Å²) in [6, 6.07) is 6.99. The standard InChI is InChI=1S/C15H21FN2O/c16-14-7-2-1-5-12(14)8-10-18-15(19)11-13-6-3-4-9-17-13/h1-2,5,7,13,17H,3-4,6,8-11H2,(H,18,19). The SMILES string of the molecule is O=C(CC1CCCCN1)NCCc1ccccc1F. The first-order valence-electron chi connectivity index (χ1n) is 6.99. The predicted octanol–water partition coefficient (Wildman–Crippen LogP) is 2.02. The normalized spacial score (nSPS) is 19.1. The zero-order valence-corrected chi connectivity index (χ0v) is 11.1. The van der Waals surface area contributed by atoms with Crippen LogP contribution in [0.3, 0.4) is 0 Å². The first kappa shape index (κ1) is 14.0. The highest BCUT2D eigenvalue weighted by molar-refractivity contribution is 5.76. The second-order valence-electron chi connectivity index (χ2n) is 5.04. The Labute approximate surface area is 113 Å². The lowest BCUT2D eigenvalue weighted by Gasteiger charge is -2.22. The molecule has 1 heterocycles. The molecule has 1 saturated heterocycles. The van der Waals surface area contributed by atoms with Gasteiger partial charge >= 0.3 is 0 Å². The molecule has 1 aromatic carbocycles. The summed E-state index contributed by atoms with van der Waals surface area (Å²) in [5, 5.41) is 6.21. The third kappa shape index (κ3) is 4.63. The molecule has 1 atom stereocenters. The third-order valence-corrected chi connectivity index (χ3v) is 3.52. The number of halogens is 1. The first-order valence-corrected chi connectivity index (χ1v) is 6.99. The summed E-state index contributed by atoms with van der Waals surface area (Å²) in [5.41, 5.74) is 0.651. The molecule has 1 aliphatic rings. The minimum absolute atomic E-state index is 0.0516. The van der Waals surface area contributed by atoms with Crippen molar-refractivity contribution in [3.63, 3.8) is 0 Å². The van der Waals surface area contributed by atoms with E-state index in [0.29, 0.717) is 31.0 Å². The van der Waals surface area contributed by atoms with Gasteiger partial charge in [-0.05, 0) is 37.4 Å². The Bertz CT molecular complexity index is 416. The van der Waals surface area contributed by atoms with Gasteiger partial charge in [-0.15, -0.1) is 0 Å². The molecular formula is C15H21FN2O. The van der Waals surface area contributed by atoms with Gasteiger partial charge in [-0.3, -0.25) is 4.79 Å². The molecule has 1 unspecified atom stereocenters. The Hall–Kier alpha value is -1.42. The van der Waals surface area contributed by atoms with Crippen LogP contribution in [0.1, 0.15) is 31.2 Å². The quantitative estimate of drug-likeness (QED) is 0.854. The number of hydrogen-bond acceptors (Lipinski definition) is 2. The highest BCUT2D eigenvalue weighted by Crippen LogP contribution is 2.10. The Morgan fingerprint density at radius 3 is 2.95 bits per heavy atom. The maximum absolute atomic E-state index is 13.4. The topological polar surface area (TPSA) is 41.1 Å². The minimum atomic E-state index is -0.203. The van der Waals surface area contributed by atoms with Crippen LogP contribution in [0.2, 0.25) is 0 Å². The van der Waals surface area contributed by atoms with Gasteiger partial charge in [0.05, 0.1) is 0 Å². The summed E-state index contributed by atoms with van der Waals surface area (Å²) in [6.45, 7) is 1.50. The molecule has 0 bridgehead atoms. The molecule has 0 spiro atoms. The van der Waals surface area contributed by atoms with Gasteiger partial charge in [-0.2, -0.15) is 0 Å². The summed E-state index contributed by atoms with van der Waals surface area (Å²) >= 11 is 0. The molecule has 104 valence electrons. The van der Waals surface area contributed by atoms with Crippen LogP contribution in [0.4, 0.5) is 4.39 Å². The lowest BCUT2D eigenvalue weighted by molar-refractivity contribution is -0.121. The second-order valence-corrected chi connectivity index (χ2v) is 5.04. The zero-order chi connectivity index (χ0) is 13.5. The van der Waals surface area contributed by atoms with E-state index in [1.165, 1.54) is 18.9 Å². The van der Waals surface area contributed by atoms with Crippen molar-refractivity contribution in [1.82, 2.24) is 10.6 Å². The van der Waals surface area contributed by atoms with Crippen LogP contribution in [0.5, 0.6) is 0 Å². The average Bonchev–Trinajstić information content (AvgIpc) is 2.42. The number of carbonyl (C=O) groups excluding carboxylic acids is 1. The fourth-order valence-electron chi connectivity index (χ4n) is 2.43. The van der Waals surface area contributed by atoms with Gasteiger partial charge in [0, 0.05) is 19.0 Å². The van der Waals surface area contributed by atoms with Crippen molar-refractivity contribution in [2.45, 2.75) is 38.1 Å². The number of rotatable bonds is 5. The molecule has 1 amide bonds. The summed E-state index contributed by atoms with van der Waals surface area (Å²) in [5.74, 6) is -0.151. The predicted molar refractivity (Wildman–Crippen MR) is 73.4 cm³/mol. The van der Waals surface area contributed by atoms with E-state index in [4.69, 9.17) is 0 Å². The van der Waals surface area contributed by atoms with Gasteiger partial charge in [0.2, 0.25) is 5.91 Å². The van der Waals surface area contributed by atoms with Crippen molar-refractivity contribution in [3.8, 4) is 0 Å². The van der Waals surface area contributed by atoms with Crippen LogP contribution in [-0.4, -0.2) is 25.0 Å². The molecule has 0 aromatic heterocycles. The molecule has 2 N–H and O–H groups in total. The number of benzene rings is 1. The Kier molecular flexibility index (Phi) is 5.33. The molecule has 1 aliphatic heterocycles. The highest BCUT2D eigenvalue weighted by atomic mass is 19.1. The van der Waals surface area contributed by atoms with Crippen molar-refractivity contribution in [2.24, 2.45) is 0 Å². The fourth-order valence-corrected chi connectivity index (χ4v) is 2.43. The first-order chi connectivity index (χ1) is 9.25. The number of piperidine rings is 1. The van der Waals surface area contributed by atoms with Gasteiger partial charge in [0.25, 0.3) is 0 Å². The maximum atomic E-state index is 13.4. The molecule has 1 fully saturated rings. The minimum Gasteiger partial charge on any atom is -0.356 e. The van der Waals surface area contributed by atoms with Crippen LogP contribution in [0.25, 0.3) is 0 Å². The van der Waals surface area contributed by atoms with Gasteiger partial charge in [0.15, 0.2) is 0 Å². The number of nitrogens with one attached hydrogen (secondary N) is 2. The zero-order valence-electron chi connectivity index (χ0n) is 11.1. The van der Waals surface area contributed by atoms with Gasteiger partial charge in [0.1, 0.15) is 5.82 Å².